The molecule has 4 heterocycles. The van der Waals surface area contributed by atoms with Gasteiger partial charge in [-0.2, -0.15) is 0 Å². The lowest BCUT2D eigenvalue weighted by atomic mass is 10.1. The Bertz CT molecular complexity index is 1040. The van der Waals surface area contributed by atoms with Crippen LogP contribution in [0.5, 0.6) is 0 Å². The Morgan fingerprint density at radius 2 is 2.04 bits per heavy atom. The van der Waals surface area contributed by atoms with Crippen molar-refractivity contribution in [2.75, 3.05) is 6.54 Å². The van der Waals surface area contributed by atoms with Gasteiger partial charge in [0.2, 0.25) is 0 Å². The first-order valence-electron chi connectivity index (χ1n) is 9.04. The van der Waals surface area contributed by atoms with Gasteiger partial charge in [-0.05, 0) is 24.3 Å². The molecule has 4 rings (SSSR count). The maximum atomic E-state index is 12.6. The maximum absolute atomic E-state index is 12.6. The summed E-state index contributed by atoms with van der Waals surface area (Å²) < 4.78 is 10.6. The number of aromatic nitrogens is 3. The van der Waals surface area contributed by atoms with Gasteiger partial charge in [-0.25, -0.2) is 4.98 Å². The van der Waals surface area contributed by atoms with Crippen molar-refractivity contribution >= 4 is 5.97 Å². The van der Waals surface area contributed by atoms with E-state index in [4.69, 9.17) is 9.15 Å². The van der Waals surface area contributed by atoms with Crippen LogP contribution in [0, 0.1) is 0 Å². The molecule has 28 heavy (non-hydrogen) atoms. The van der Waals surface area contributed by atoms with Gasteiger partial charge in [-0.15, -0.1) is 0 Å². The lowest BCUT2D eigenvalue weighted by Gasteiger charge is -2.26. The fourth-order valence-electron chi connectivity index (χ4n) is 3.24. The lowest BCUT2D eigenvalue weighted by Crippen LogP contribution is -2.35. The van der Waals surface area contributed by atoms with Crippen LogP contribution in [0.4, 0.5) is 0 Å². The average molecular weight is 380 g/mol. The van der Waals surface area contributed by atoms with E-state index in [9.17, 15) is 9.59 Å². The smallest absolute Gasteiger partial charge is 0.303 e. The Morgan fingerprint density at radius 1 is 1.25 bits per heavy atom. The zero-order chi connectivity index (χ0) is 19.5. The maximum Gasteiger partial charge on any atom is 0.303 e. The van der Waals surface area contributed by atoms with Crippen LogP contribution in [0.25, 0.3) is 11.4 Å². The van der Waals surface area contributed by atoms with E-state index in [1.807, 2.05) is 18.2 Å². The SMILES string of the molecule is CC(=O)OCc1ccc(CN2CCc3nc(-c4ccncc4)[nH]c(=O)c3C2)o1. The zero-order valence-corrected chi connectivity index (χ0v) is 15.5. The number of hydrogen-bond donors (Lipinski definition) is 1. The second-order valence-corrected chi connectivity index (χ2v) is 6.68. The molecular weight excluding hydrogens is 360 g/mol. The molecule has 0 unspecified atom stereocenters. The van der Waals surface area contributed by atoms with Gasteiger partial charge in [0.1, 0.15) is 24.0 Å². The predicted octanol–water partition coefficient (Wildman–Crippen LogP) is 2.05. The second kappa shape index (κ2) is 7.77. The number of H-pyrrole nitrogens is 1. The molecule has 0 aliphatic carbocycles. The molecule has 0 saturated heterocycles. The highest BCUT2D eigenvalue weighted by Gasteiger charge is 2.22. The molecule has 1 N–H and O–H groups in total. The number of aromatic amines is 1. The summed E-state index contributed by atoms with van der Waals surface area (Å²) in [6.45, 7) is 3.35. The Hall–Kier alpha value is -3.26. The van der Waals surface area contributed by atoms with Gasteiger partial charge in [0.25, 0.3) is 5.56 Å². The molecule has 3 aromatic heterocycles. The highest BCUT2D eigenvalue weighted by Crippen LogP contribution is 2.20. The number of carbonyl (C=O) groups is 1. The first kappa shape index (κ1) is 18.1. The molecule has 0 spiro atoms. The molecule has 0 aromatic carbocycles. The minimum atomic E-state index is -0.344. The Kier molecular flexibility index (Phi) is 5.03. The molecule has 3 aromatic rings. The molecule has 1 aliphatic heterocycles. The summed E-state index contributed by atoms with van der Waals surface area (Å²) in [5.74, 6) is 1.59. The Labute approximate surface area is 161 Å². The normalized spacial score (nSPS) is 13.9. The summed E-state index contributed by atoms with van der Waals surface area (Å²) in [4.78, 5) is 37.1. The van der Waals surface area contributed by atoms with Crippen LogP contribution < -0.4 is 5.56 Å². The van der Waals surface area contributed by atoms with Gasteiger partial charge in [-0.3, -0.25) is 19.5 Å². The first-order chi connectivity index (χ1) is 13.6. The summed E-state index contributed by atoms with van der Waals surface area (Å²) in [6.07, 6.45) is 4.05. The molecule has 0 atom stereocenters. The highest BCUT2D eigenvalue weighted by molar-refractivity contribution is 5.65. The number of nitrogens with one attached hydrogen (secondary N) is 1. The van der Waals surface area contributed by atoms with E-state index in [2.05, 4.69) is 19.9 Å². The van der Waals surface area contributed by atoms with E-state index in [1.54, 1.807) is 18.5 Å². The van der Waals surface area contributed by atoms with E-state index >= 15 is 0 Å². The van der Waals surface area contributed by atoms with Gasteiger partial charge < -0.3 is 14.1 Å². The van der Waals surface area contributed by atoms with Crippen LogP contribution in [0.15, 0.2) is 45.9 Å². The molecular formula is C20H20N4O4. The van der Waals surface area contributed by atoms with E-state index in [1.165, 1.54) is 6.92 Å². The van der Waals surface area contributed by atoms with Crippen molar-refractivity contribution in [2.45, 2.75) is 33.0 Å². The standard InChI is InChI=1S/C20H20N4O4/c1-13(25)27-12-16-3-2-15(28-16)10-24-9-6-18-17(11-24)20(26)23-19(22-18)14-4-7-21-8-5-14/h2-5,7-8H,6,9-12H2,1H3,(H,22,23,26). The second-order valence-electron chi connectivity index (χ2n) is 6.68. The molecule has 0 fully saturated rings. The molecule has 144 valence electrons. The van der Waals surface area contributed by atoms with Crippen molar-refractivity contribution in [3.05, 3.63) is 69.8 Å². The number of ether oxygens (including phenoxy) is 1. The van der Waals surface area contributed by atoms with Crippen LogP contribution in [0.2, 0.25) is 0 Å². The molecule has 0 radical (unpaired) electrons. The van der Waals surface area contributed by atoms with Crippen LogP contribution in [-0.4, -0.2) is 32.4 Å². The zero-order valence-electron chi connectivity index (χ0n) is 15.5. The van der Waals surface area contributed by atoms with Gasteiger partial charge >= 0.3 is 5.97 Å². The third kappa shape index (κ3) is 4.01. The van der Waals surface area contributed by atoms with Crippen LogP contribution in [0.3, 0.4) is 0 Å². The fourth-order valence-corrected chi connectivity index (χ4v) is 3.24. The molecule has 1 aliphatic rings. The number of nitrogens with zero attached hydrogens (tertiary/aromatic N) is 3. The molecule has 8 nitrogen and oxygen atoms in total. The van der Waals surface area contributed by atoms with E-state index in [0.717, 1.165) is 23.6 Å². The minimum absolute atomic E-state index is 0.114. The lowest BCUT2D eigenvalue weighted by molar-refractivity contribution is -0.142. The van der Waals surface area contributed by atoms with Gasteiger partial charge in [0.05, 0.1) is 17.8 Å². The van der Waals surface area contributed by atoms with Crippen molar-refractivity contribution in [3.63, 3.8) is 0 Å². The van der Waals surface area contributed by atoms with E-state index < -0.39 is 0 Å². The van der Waals surface area contributed by atoms with Crippen molar-refractivity contribution in [2.24, 2.45) is 0 Å². The molecule has 0 saturated carbocycles. The summed E-state index contributed by atoms with van der Waals surface area (Å²) in [5, 5.41) is 0. The van der Waals surface area contributed by atoms with Crippen molar-refractivity contribution in [3.8, 4) is 11.4 Å². The largest absolute Gasteiger partial charge is 0.461 e. The number of rotatable bonds is 5. The third-order valence-electron chi connectivity index (χ3n) is 4.62. The van der Waals surface area contributed by atoms with E-state index in [-0.39, 0.29) is 18.1 Å². The fraction of sp³-hybridized carbons (Fsp3) is 0.300. The molecule has 0 bridgehead atoms. The van der Waals surface area contributed by atoms with Gasteiger partial charge in [0.15, 0.2) is 0 Å². The topological polar surface area (TPSA) is 101 Å². The molecule has 0 amide bonds. The predicted molar refractivity (Wildman–Crippen MR) is 100 cm³/mol. The number of carbonyl (C=O) groups excluding carboxylic acids is 1. The van der Waals surface area contributed by atoms with Crippen molar-refractivity contribution in [1.82, 2.24) is 19.9 Å². The Balaban J connectivity index is 1.46. The first-order valence-corrected chi connectivity index (χ1v) is 9.04. The highest BCUT2D eigenvalue weighted by atomic mass is 16.5. The summed E-state index contributed by atoms with van der Waals surface area (Å²) in [5.41, 5.74) is 2.25. The minimum Gasteiger partial charge on any atom is -0.461 e. The van der Waals surface area contributed by atoms with Crippen molar-refractivity contribution < 1.29 is 13.9 Å². The number of hydrogen-bond acceptors (Lipinski definition) is 7. The number of furan rings is 1. The monoisotopic (exact) mass is 380 g/mol. The van der Waals surface area contributed by atoms with Crippen LogP contribution in [0.1, 0.15) is 29.7 Å². The average Bonchev–Trinajstić information content (AvgIpc) is 3.15. The summed E-state index contributed by atoms with van der Waals surface area (Å²) in [7, 11) is 0. The quantitative estimate of drug-likeness (QED) is 0.676. The van der Waals surface area contributed by atoms with E-state index in [0.29, 0.717) is 36.7 Å². The van der Waals surface area contributed by atoms with Gasteiger partial charge in [0, 0.05) is 44.4 Å². The van der Waals surface area contributed by atoms with Crippen LogP contribution >= 0.6 is 0 Å². The number of fused-ring (bicyclic) bond motifs is 1. The third-order valence-corrected chi connectivity index (χ3v) is 4.62. The summed E-state index contributed by atoms with van der Waals surface area (Å²) in [6, 6.07) is 7.31. The summed E-state index contributed by atoms with van der Waals surface area (Å²) >= 11 is 0. The van der Waals surface area contributed by atoms with Crippen molar-refractivity contribution in [1.29, 1.82) is 0 Å². The van der Waals surface area contributed by atoms with Crippen LogP contribution in [-0.2, 0) is 35.6 Å². The number of pyridine rings is 1. The molecule has 8 heteroatoms. The Morgan fingerprint density at radius 3 is 2.82 bits per heavy atom. The number of esters is 1. The van der Waals surface area contributed by atoms with Gasteiger partial charge in [-0.1, -0.05) is 0 Å².